The van der Waals surface area contributed by atoms with Crippen LogP contribution in [0.25, 0.3) is 0 Å². The van der Waals surface area contributed by atoms with Gasteiger partial charge in [-0.1, -0.05) is 19.9 Å². The molecule has 0 radical (unpaired) electrons. The summed E-state index contributed by atoms with van der Waals surface area (Å²) in [5, 5.41) is 0. The van der Waals surface area contributed by atoms with Gasteiger partial charge >= 0.3 is 0 Å². The lowest BCUT2D eigenvalue weighted by Gasteiger charge is -2.11. The quantitative estimate of drug-likeness (QED) is 0.872. The van der Waals surface area contributed by atoms with Gasteiger partial charge in [0.2, 0.25) is 0 Å². The number of benzene rings is 1. The van der Waals surface area contributed by atoms with Crippen LogP contribution in [0.5, 0.6) is 11.5 Å². The van der Waals surface area contributed by atoms with Crippen molar-refractivity contribution in [3.63, 3.8) is 0 Å². The molecule has 0 amide bonds. The van der Waals surface area contributed by atoms with Gasteiger partial charge in [0.15, 0.2) is 11.5 Å². The van der Waals surface area contributed by atoms with Crippen LogP contribution in [0.3, 0.4) is 0 Å². The highest BCUT2D eigenvalue weighted by molar-refractivity contribution is 5.47. The highest BCUT2D eigenvalue weighted by Gasteiger charge is 2.56. The number of hydrogen-bond acceptors (Lipinski definition) is 3. The number of nitrogens with two attached hydrogens (primary N) is 1. The average molecular weight is 235 g/mol. The lowest BCUT2D eigenvalue weighted by molar-refractivity contribution is 0.310. The van der Waals surface area contributed by atoms with E-state index < -0.39 is 0 Å². The molecule has 0 aromatic heterocycles. The molecule has 1 aliphatic carbocycles. The van der Waals surface area contributed by atoms with Gasteiger partial charge < -0.3 is 15.2 Å². The van der Waals surface area contributed by atoms with Gasteiger partial charge in [-0.3, -0.25) is 0 Å². The van der Waals surface area contributed by atoms with Gasteiger partial charge in [0.25, 0.3) is 0 Å². The van der Waals surface area contributed by atoms with E-state index in [-0.39, 0.29) is 11.5 Å². The number of hydrogen-bond donors (Lipinski definition) is 1. The Kier molecular flexibility index (Phi) is 3.04. The van der Waals surface area contributed by atoms with Crippen LogP contribution >= 0.6 is 0 Å². The Morgan fingerprint density at radius 1 is 1.29 bits per heavy atom. The zero-order valence-electron chi connectivity index (χ0n) is 11.0. The molecule has 0 bridgehead atoms. The molecule has 3 nitrogen and oxygen atoms in total. The van der Waals surface area contributed by atoms with Crippen molar-refractivity contribution in [3.8, 4) is 11.5 Å². The third kappa shape index (κ3) is 2.00. The van der Waals surface area contributed by atoms with Gasteiger partial charge in [-0.15, -0.1) is 0 Å². The molecule has 1 saturated carbocycles. The Labute approximate surface area is 103 Å². The highest BCUT2D eigenvalue weighted by Crippen LogP contribution is 2.57. The Hall–Kier alpha value is -1.22. The maximum Gasteiger partial charge on any atom is 0.161 e. The molecule has 17 heavy (non-hydrogen) atoms. The fourth-order valence-electron chi connectivity index (χ4n) is 2.47. The van der Waals surface area contributed by atoms with Crippen LogP contribution in [0.1, 0.15) is 32.3 Å². The summed E-state index contributed by atoms with van der Waals surface area (Å²) in [5.74, 6) is 2.01. The van der Waals surface area contributed by atoms with Crippen molar-refractivity contribution in [2.24, 2.45) is 11.1 Å². The molecule has 2 N–H and O–H groups in total. The van der Waals surface area contributed by atoms with Crippen LogP contribution in [0.4, 0.5) is 0 Å². The van der Waals surface area contributed by atoms with Crippen LogP contribution in [0, 0.1) is 5.41 Å². The zero-order valence-corrected chi connectivity index (χ0v) is 11.0. The second kappa shape index (κ2) is 4.22. The number of rotatable bonds is 4. The molecular weight excluding hydrogens is 214 g/mol. The monoisotopic (exact) mass is 235 g/mol. The van der Waals surface area contributed by atoms with Gasteiger partial charge in [0, 0.05) is 12.0 Å². The fraction of sp³-hybridized carbons (Fsp3) is 0.571. The predicted octanol–water partition coefficient (Wildman–Crippen LogP) is 2.54. The largest absolute Gasteiger partial charge is 0.493 e. The van der Waals surface area contributed by atoms with Crippen LogP contribution in [-0.2, 0) is 0 Å². The molecule has 1 fully saturated rings. The maximum atomic E-state index is 6.10. The summed E-state index contributed by atoms with van der Waals surface area (Å²) < 4.78 is 10.9. The van der Waals surface area contributed by atoms with E-state index in [2.05, 4.69) is 26.0 Å². The number of ether oxygens (including phenoxy) is 2. The second-order valence-electron chi connectivity index (χ2n) is 5.17. The van der Waals surface area contributed by atoms with Gasteiger partial charge in [0.1, 0.15) is 0 Å². The second-order valence-corrected chi connectivity index (χ2v) is 5.17. The van der Waals surface area contributed by atoms with Crippen molar-refractivity contribution in [3.05, 3.63) is 23.8 Å². The van der Waals surface area contributed by atoms with Crippen molar-refractivity contribution in [2.45, 2.75) is 32.7 Å². The van der Waals surface area contributed by atoms with Gasteiger partial charge in [0.05, 0.1) is 13.7 Å². The lowest BCUT2D eigenvalue weighted by Crippen LogP contribution is -2.06. The molecule has 2 rings (SSSR count). The van der Waals surface area contributed by atoms with E-state index in [1.165, 1.54) is 5.56 Å². The lowest BCUT2D eigenvalue weighted by atomic mass is 10.0. The van der Waals surface area contributed by atoms with E-state index in [1.807, 2.05) is 13.0 Å². The summed E-state index contributed by atoms with van der Waals surface area (Å²) in [6.45, 7) is 7.01. The molecule has 0 unspecified atom stereocenters. The molecule has 3 heteroatoms. The van der Waals surface area contributed by atoms with Crippen LogP contribution < -0.4 is 15.2 Å². The molecule has 2 atom stereocenters. The molecule has 1 aliphatic rings. The molecule has 0 heterocycles. The molecule has 1 aromatic rings. The van der Waals surface area contributed by atoms with Gasteiger partial charge in [-0.2, -0.15) is 0 Å². The first-order chi connectivity index (χ1) is 8.02. The maximum absolute atomic E-state index is 6.10. The van der Waals surface area contributed by atoms with Gasteiger partial charge in [-0.05, 0) is 30.0 Å². The summed E-state index contributed by atoms with van der Waals surface area (Å²) in [4.78, 5) is 0. The van der Waals surface area contributed by atoms with E-state index in [0.717, 1.165) is 11.5 Å². The van der Waals surface area contributed by atoms with E-state index in [0.29, 0.717) is 12.5 Å². The third-order valence-corrected chi connectivity index (χ3v) is 3.76. The first-order valence-corrected chi connectivity index (χ1v) is 6.08. The normalized spacial score (nSPS) is 25.5. The topological polar surface area (TPSA) is 44.5 Å². The molecule has 94 valence electrons. The Morgan fingerprint density at radius 2 is 1.94 bits per heavy atom. The minimum absolute atomic E-state index is 0.193. The minimum atomic E-state index is 0.193. The third-order valence-electron chi connectivity index (χ3n) is 3.76. The van der Waals surface area contributed by atoms with Crippen molar-refractivity contribution in [1.29, 1.82) is 0 Å². The van der Waals surface area contributed by atoms with Crippen LogP contribution in [0.15, 0.2) is 18.2 Å². The summed E-state index contributed by atoms with van der Waals surface area (Å²) in [6.07, 6.45) is 0. The van der Waals surface area contributed by atoms with Gasteiger partial charge in [-0.25, -0.2) is 0 Å². The standard InChI is InChI=1S/C14H21NO2/c1-5-17-11-8-9(6-7-10(11)16-4)12-13(15)14(12,2)3/h6-8,12-13H,5,15H2,1-4H3/t12-,13-/m0/s1. The molecular formula is C14H21NO2. The Morgan fingerprint density at radius 3 is 2.41 bits per heavy atom. The SMILES string of the molecule is CCOc1cc([C@H]2[C@H](N)C2(C)C)ccc1OC. The van der Waals surface area contributed by atoms with Crippen molar-refractivity contribution in [2.75, 3.05) is 13.7 Å². The Balaban J connectivity index is 2.29. The van der Waals surface area contributed by atoms with Crippen molar-refractivity contribution >= 4 is 0 Å². The first-order valence-electron chi connectivity index (χ1n) is 6.08. The summed E-state index contributed by atoms with van der Waals surface area (Å²) >= 11 is 0. The van der Waals surface area contributed by atoms with Crippen molar-refractivity contribution < 1.29 is 9.47 Å². The first kappa shape index (κ1) is 12.2. The van der Waals surface area contributed by atoms with E-state index in [4.69, 9.17) is 15.2 Å². The fourth-order valence-corrected chi connectivity index (χ4v) is 2.47. The van der Waals surface area contributed by atoms with Crippen LogP contribution in [0.2, 0.25) is 0 Å². The summed E-state index contributed by atoms with van der Waals surface area (Å²) in [5.41, 5.74) is 7.53. The van der Waals surface area contributed by atoms with Crippen LogP contribution in [-0.4, -0.2) is 19.8 Å². The number of methoxy groups -OCH3 is 1. The van der Waals surface area contributed by atoms with E-state index >= 15 is 0 Å². The Bertz CT molecular complexity index is 415. The summed E-state index contributed by atoms with van der Waals surface area (Å²) in [7, 11) is 1.66. The smallest absolute Gasteiger partial charge is 0.161 e. The van der Waals surface area contributed by atoms with E-state index in [1.54, 1.807) is 7.11 Å². The molecule has 0 aliphatic heterocycles. The minimum Gasteiger partial charge on any atom is -0.493 e. The average Bonchev–Trinajstić information content (AvgIpc) is 2.78. The summed E-state index contributed by atoms with van der Waals surface area (Å²) in [6, 6.07) is 6.34. The highest BCUT2D eigenvalue weighted by atomic mass is 16.5. The predicted molar refractivity (Wildman–Crippen MR) is 68.7 cm³/mol. The van der Waals surface area contributed by atoms with E-state index in [9.17, 15) is 0 Å². The molecule has 1 aromatic carbocycles. The molecule has 0 saturated heterocycles. The van der Waals surface area contributed by atoms with Crippen molar-refractivity contribution in [1.82, 2.24) is 0 Å². The molecule has 0 spiro atoms. The zero-order chi connectivity index (χ0) is 12.6.